The number of amides is 4. The molecule has 1 aromatic heterocycles. The van der Waals surface area contributed by atoms with Crippen LogP contribution < -0.4 is 29.7 Å². The van der Waals surface area contributed by atoms with Gasteiger partial charge in [-0.25, -0.2) is 18.2 Å². The summed E-state index contributed by atoms with van der Waals surface area (Å²) in [4.78, 5) is 62.4. The van der Waals surface area contributed by atoms with Crippen molar-refractivity contribution in [2.45, 2.75) is 58.2 Å². The Morgan fingerprint density at radius 1 is 0.912 bits per heavy atom. The molecule has 0 saturated carbocycles. The van der Waals surface area contributed by atoms with Crippen molar-refractivity contribution in [2.24, 2.45) is 5.41 Å². The van der Waals surface area contributed by atoms with Crippen molar-refractivity contribution >= 4 is 52.6 Å². The molecule has 0 aliphatic carbocycles. The summed E-state index contributed by atoms with van der Waals surface area (Å²) in [7, 11) is 3.14. The number of halogens is 3. The van der Waals surface area contributed by atoms with Gasteiger partial charge in [0, 0.05) is 76.3 Å². The lowest BCUT2D eigenvalue weighted by Crippen LogP contribution is -2.61. The van der Waals surface area contributed by atoms with E-state index in [4.69, 9.17) is 19.6 Å². The SMILES string of the molecule is CCOc1cc(CN2C(=O)c3cnc(N4CCN(C5CCN(Cc6ccc(Oc7cc(NC)c(C(=N)C8(C)CCC(=O)NC8=O)cc7F)cc6)CC5(F)F)CC4)cc3C2=O)ccc1OC.CSC. The highest BCUT2D eigenvalue weighted by Gasteiger charge is 2.48. The lowest BCUT2D eigenvalue weighted by Gasteiger charge is -2.46. The summed E-state index contributed by atoms with van der Waals surface area (Å²) in [6, 6.07) is 15.2. The van der Waals surface area contributed by atoms with Crippen LogP contribution in [-0.2, 0) is 22.7 Å². The van der Waals surface area contributed by atoms with Crippen LogP contribution in [0.1, 0.15) is 70.5 Å². The predicted octanol–water partition coefficient (Wildman–Crippen LogP) is 7.08. The van der Waals surface area contributed by atoms with Crippen LogP contribution in [0.3, 0.4) is 0 Å². The van der Waals surface area contributed by atoms with Crippen LogP contribution in [0.2, 0.25) is 0 Å². The first-order valence-electron chi connectivity index (χ1n) is 22.4. The molecule has 3 fully saturated rings. The Labute approximate surface area is 398 Å². The van der Waals surface area contributed by atoms with Gasteiger partial charge in [-0.2, -0.15) is 11.8 Å². The molecule has 2 unspecified atom stereocenters. The van der Waals surface area contributed by atoms with Gasteiger partial charge in [0.25, 0.3) is 17.7 Å². The highest BCUT2D eigenvalue weighted by atomic mass is 32.2. The number of ether oxygens (including phenoxy) is 3. The van der Waals surface area contributed by atoms with Gasteiger partial charge in [-0.1, -0.05) is 18.2 Å². The van der Waals surface area contributed by atoms with Gasteiger partial charge in [-0.15, -0.1) is 0 Å². The highest BCUT2D eigenvalue weighted by Crippen LogP contribution is 2.38. The minimum atomic E-state index is -2.99. The van der Waals surface area contributed by atoms with E-state index in [0.29, 0.717) is 73.6 Å². The number of hydrogen-bond donors (Lipinski definition) is 3. The predicted molar refractivity (Wildman–Crippen MR) is 254 cm³/mol. The Balaban J connectivity index is 0.00000222. The lowest BCUT2D eigenvalue weighted by atomic mass is 9.74. The number of imide groups is 2. The molecule has 4 aliphatic rings. The van der Waals surface area contributed by atoms with Gasteiger partial charge in [0.2, 0.25) is 11.8 Å². The summed E-state index contributed by atoms with van der Waals surface area (Å²) in [5, 5.41) is 14.0. The fourth-order valence-electron chi connectivity index (χ4n) is 9.04. The van der Waals surface area contributed by atoms with E-state index >= 15 is 13.2 Å². The summed E-state index contributed by atoms with van der Waals surface area (Å²) >= 11 is 1.75. The molecular weight excluding hydrogens is 902 g/mol. The molecule has 5 heterocycles. The number of rotatable bonds is 14. The monoisotopic (exact) mass is 958 g/mol. The van der Waals surface area contributed by atoms with Crippen molar-refractivity contribution in [3.63, 3.8) is 0 Å². The maximum absolute atomic E-state index is 15.9. The Bertz CT molecular complexity index is 2560. The van der Waals surface area contributed by atoms with E-state index in [-0.39, 0.29) is 60.5 Å². The molecule has 0 radical (unpaired) electrons. The van der Waals surface area contributed by atoms with E-state index in [1.807, 2.05) is 29.2 Å². The molecule has 4 amide bonds. The Morgan fingerprint density at radius 3 is 2.25 bits per heavy atom. The van der Waals surface area contributed by atoms with E-state index in [9.17, 15) is 19.2 Å². The van der Waals surface area contributed by atoms with E-state index in [1.54, 1.807) is 79.2 Å². The molecule has 68 heavy (non-hydrogen) atoms. The van der Waals surface area contributed by atoms with Gasteiger partial charge in [0.05, 0.1) is 55.1 Å². The fourth-order valence-corrected chi connectivity index (χ4v) is 9.04. The van der Waals surface area contributed by atoms with Crippen LogP contribution in [0.5, 0.6) is 23.0 Å². The van der Waals surface area contributed by atoms with Crippen molar-refractivity contribution in [1.29, 1.82) is 5.41 Å². The molecule has 8 rings (SSSR count). The quantitative estimate of drug-likeness (QED) is 0.0867. The van der Waals surface area contributed by atoms with Crippen molar-refractivity contribution in [3.8, 4) is 23.0 Å². The van der Waals surface area contributed by atoms with Crippen molar-refractivity contribution in [1.82, 2.24) is 25.0 Å². The highest BCUT2D eigenvalue weighted by molar-refractivity contribution is 7.97. The molecule has 3 aromatic carbocycles. The summed E-state index contributed by atoms with van der Waals surface area (Å²) in [6.07, 6.45) is 5.96. The second-order valence-electron chi connectivity index (χ2n) is 17.3. The molecule has 15 nitrogen and oxygen atoms in total. The van der Waals surface area contributed by atoms with Gasteiger partial charge in [0.15, 0.2) is 23.1 Å². The van der Waals surface area contributed by atoms with E-state index < -0.39 is 53.4 Å². The zero-order valence-electron chi connectivity index (χ0n) is 39.0. The average molecular weight is 959 g/mol. The number of piperazine rings is 1. The molecule has 0 spiro atoms. The zero-order chi connectivity index (χ0) is 48.9. The van der Waals surface area contributed by atoms with Crippen LogP contribution in [0.25, 0.3) is 0 Å². The second-order valence-corrected chi connectivity index (χ2v) is 18.1. The number of methoxy groups -OCH3 is 1. The molecule has 3 N–H and O–H groups in total. The third-order valence-corrected chi connectivity index (χ3v) is 12.8. The molecule has 362 valence electrons. The van der Waals surface area contributed by atoms with E-state index in [0.717, 1.165) is 11.6 Å². The molecule has 4 aromatic rings. The van der Waals surface area contributed by atoms with E-state index in [2.05, 4.69) is 15.6 Å². The van der Waals surface area contributed by atoms with Crippen molar-refractivity contribution < 1.29 is 46.6 Å². The summed E-state index contributed by atoms with van der Waals surface area (Å²) < 4.78 is 64.1. The number of anilines is 2. The Hall–Kier alpha value is -6.18. The van der Waals surface area contributed by atoms with Crippen LogP contribution in [-0.4, -0.2) is 134 Å². The molecule has 2 atom stereocenters. The molecule has 3 saturated heterocycles. The lowest BCUT2D eigenvalue weighted by molar-refractivity contribution is -0.138. The standard InChI is InChI=1S/C47H51F3N8O7.C2H6S/c1-5-64-38-20-29(8-11-36(38)63-4)26-58-43(60)31-22-40(53-24-33(31)44(58)61)57-18-16-56(17-19-57)39-13-15-55(27-47(39,49)50)25-28-6-9-30(10-7-28)65-37-23-35(52-3)32(21-34(37)48)42(51)46(2)14-12-41(59)54-45(46)62;1-3-2/h6-11,20-24,39,51-52H,5,12-19,25-27H2,1-4H3,(H,54,59,62);1-2H3. The number of likely N-dealkylation sites (tertiary alicyclic amines) is 1. The average Bonchev–Trinajstić information content (AvgIpc) is 3.55. The second kappa shape index (κ2) is 21.0. The first-order valence-corrected chi connectivity index (χ1v) is 24.0. The number of nitrogens with zero attached hydrogens (tertiary/aromatic N) is 5. The summed E-state index contributed by atoms with van der Waals surface area (Å²) in [5.74, 6) is -3.86. The molecule has 4 aliphatic heterocycles. The number of benzene rings is 3. The largest absolute Gasteiger partial charge is 0.493 e. The Morgan fingerprint density at radius 2 is 1.60 bits per heavy atom. The normalized spacial score (nSPS) is 20.6. The van der Waals surface area contributed by atoms with Crippen LogP contribution >= 0.6 is 11.8 Å². The van der Waals surface area contributed by atoms with Gasteiger partial charge < -0.3 is 29.8 Å². The number of carbonyl (C=O) groups excluding carboxylic acids is 4. The topological polar surface area (TPSA) is 170 Å². The molecule has 0 bridgehead atoms. The minimum absolute atomic E-state index is 0.0433. The number of fused-ring (bicyclic) bond motifs is 1. The van der Waals surface area contributed by atoms with Crippen LogP contribution in [0.4, 0.5) is 24.7 Å². The minimum Gasteiger partial charge on any atom is -0.493 e. The third-order valence-electron chi connectivity index (χ3n) is 12.8. The fraction of sp³-hybridized carbons (Fsp3) is 0.429. The smallest absolute Gasteiger partial charge is 0.275 e. The zero-order valence-corrected chi connectivity index (χ0v) is 39.9. The number of aromatic nitrogens is 1. The van der Waals surface area contributed by atoms with Crippen LogP contribution in [0.15, 0.2) is 66.9 Å². The summed E-state index contributed by atoms with van der Waals surface area (Å²) in [5.41, 5.74) is 1.02. The number of carbonyl (C=O) groups is 4. The van der Waals surface area contributed by atoms with Gasteiger partial charge in [0.1, 0.15) is 11.6 Å². The van der Waals surface area contributed by atoms with Gasteiger partial charge in [-0.3, -0.25) is 39.2 Å². The number of alkyl halides is 2. The van der Waals surface area contributed by atoms with Gasteiger partial charge >= 0.3 is 0 Å². The maximum Gasteiger partial charge on any atom is 0.275 e. The van der Waals surface area contributed by atoms with Crippen molar-refractivity contribution in [2.75, 3.05) is 82.8 Å². The Kier molecular flexibility index (Phi) is 15.3. The molecule has 19 heteroatoms. The first kappa shape index (κ1) is 49.7. The number of piperidine rings is 2. The maximum atomic E-state index is 15.9. The number of pyridine rings is 1. The number of hydrogen-bond acceptors (Lipinski definition) is 14. The summed E-state index contributed by atoms with van der Waals surface area (Å²) in [6.45, 7) is 5.77. The first-order chi connectivity index (χ1) is 32.5. The number of nitrogens with one attached hydrogen (secondary N) is 3. The third kappa shape index (κ3) is 10.4. The van der Waals surface area contributed by atoms with Crippen molar-refractivity contribution in [3.05, 3.63) is 100 Å². The number of thioether (sulfide) groups is 1. The van der Waals surface area contributed by atoms with E-state index in [1.165, 1.54) is 24.3 Å². The molecular formula is C49H57F3N8O7S. The van der Waals surface area contributed by atoms with Crippen LogP contribution in [0, 0.1) is 16.6 Å². The van der Waals surface area contributed by atoms with Gasteiger partial charge in [-0.05, 0) is 86.7 Å².